The van der Waals surface area contributed by atoms with Gasteiger partial charge in [-0.25, -0.2) is 0 Å². The Morgan fingerprint density at radius 2 is 0.737 bits per heavy atom. The Morgan fingerprint density at radius 1 is 0.632 bits per heavy atom. The first-order chi connectivity index (χ1) is 8.69. The van der Waals surface area contributed by atoms with Gasteiger partial charge >= 0.3 is 31.1 Å². The molecule has 0 heterocycles. The van der Waals surface area contributed by atoms with Crippen molar-refractivity contribution in [2.75, 3.05) is 39.3 Å². The van der Waals surface area contributed by atoms with Crippen molar-refractivity contribution in [3.63, 3.8) is 0 Å². The van der Waals surface area contributed by atoms with E-state index in [4.69, 9.17) is 14.3 Å². The topological polar surface area (TPSA) is 89.1 Å². The van der Waals surface area contributed by atoms with Crippen molar-refractivity contribution in [3.05, 3.63) is 0 Å². The second kappa shape index (κ2) is 16.2. The maximum atomic E-state index is 8.63. The van der Waals surface area contributed by atoms with E-state index in [2.05, 4.69) is 41.5 Å². The van der Waals surface area contributed by atoms with Crippen LogP contribution in [0.5, 0.6) is 0 Å². The minimum atomic E-state index is -6.02. The molecule has 0 aliphatic rings. The fourth-order valence-corrected chi connectivity index (χ4v) is 1.50. The number of nitrogens with one attached hydrogen (secondary N) is 2. The van der Waals surface area contributed by atoms with Gasteiger partial charge in [-0.3, -0.25) is 0 Å². The Hall–Kier alpha value is 0.128. The van der Waals surface area contributed by atoms with Gasteiger partial charge in [-0.1, -0.05) is 0 Å². The van der Waals surface area contributed by atoms with E-state index in [1.54, 1.807) is 9.80 Å². The fraction of sp³-hybridized carbons (Fsp3) is 1.00. The molecule has 0 atom stereocenters. The average Bonchev–Trinajstić information content (AvgIpc) is 2.32. The van der Waals surface area contributed by atoms with E-state index in [9.17, 15) is 0 Å². The normalized spacial score (nSPS) is 10.6. The summed E-state index contributed by atoms with van der Waals surface area (Å²) >= 11 is -6.02. The van der Waals surface area contributed by atoms with Crippen LogP contribution in [0.1, 0.15) is 41.5 Å². The molecular formula is C12H32MoN2O4. The Balaban J connectivity index is -0.000000206. The van der Waals surface area contributed by atoms with E-state index in [0.717, 1.165) is 0 Å². The Kier molecular flexibility index (Phi) is 20.6. The van der Waals surface area contributed by atoms with Gasteiger partial charge in [0.1, 0.15) is 0 Å². The molecule has 0 bridgehead atoms. The average molecular weight is 364 g/mol. The van der Waals surface area contributed by atoms with Crippen LogP contribution in [-0.2, 0) is 23.5 Å². The third-order valence-corrected chi connectivity index (χ3v) is 3.00. The molecular weight excluding hydrogens is 332 g/mol. The van der Waals surface area contributed by atoms with Crippen LogP contribution in [0.25, 0.3) is 0 Å². The standard InChI is InChI=1S/2C6H15N.Mo.4O/c2*1-4-7(5-2)6-3;;;;;/h2*4-6H2,1-3H3;;;;;/q;;;;;2*-1/p+2. The van der Waals surface area contributed by atoms with Crippen molar-refractivity contribution in [1.82, 2.24) is 0 Å². The van der Waals surface area contributed by atoms with Gasteiger partial charge in [0.05, 0.1) is 39.3 Å². The Labute approximate surface area is 122 Å². The number of hydrogen-bond donors (Lipinski definition) is 2. The molecule has 0 aromatic carbocycles. The molecule has 120 valence electrons. The quantitative estimate of drug-likeness (QED) is 0.500. The van der Waals surface area contributed by atoms with Crippen LogP contribution < -0.4 is 17.3 Å². The molecule has 0 fully saturated rings. The van der Waals surface area contributed by atoms with Gasteiger partial charge < -0.3 is 9.80 Å². The van der Waals surface area contributed by atoms with Gasteiger partial charge in [-0.15, -0.1) is 0 Å². The molecule has 0 aromatic heterocycles. The summed E-state index contributed by atoms with van der Waals surface area (Å²) in [6, 6.07) is 0. The van der Waals surface area contributed by atoms with Crippen molar-refractivity contribution >= 4 is 0 Å². The fourth-order valence-electron chi connectivity index (χ4n) is 1.50. The summed E-state index contributed by atoms with van der Waals surface area (Å²) in [6.45, 7) is 21.0. The molecule has 0 unspecified atom stereocenters. The van der Waals surface area contributed by atoms with Gasteiger partial charge in [0.25, 0.3) is 0 Å². The maximum absolute atomic E-state index is 8.63. The number of hydrogen-bond acceptors (Lipinski definition) is 4. The molecule has 19 heavy (non-hydrogen) atoms. The van der Waals surface area contributed by atoms with Crippen LogP contribution in [0.15, 0.2) is 0 Å². The van der Waals surface area contributed by atoms with Crippen LogP contribution >= 0.6 is 0 Å². The van der Waals surface area contributed by atoms with E-state index in [-0.39, 0.29) is 0 Å². The second-order valence-electron chi connectivity index (χ2n) is 4.03. The molecule has 7 heteroatoms. The zero-order chi connectivity index (χ0) is 15.9. The first-order valence-electron chi connectivity index (χ1n) is 7.03. The van der Waals surface area contributed by atoms with Crippen molar-refractivity contribution in [1.29, 1.82) is 0 Å². The summed E-state index contributed by atoms with van der Waals surface area (Å²) in [5, 5.41) is 0. The Morgan fingerprint density at radius 3 is 0.737 bits per heavy atom. The molecule has 0 amide bonds. The zero-order valence-corrected chi connectivity index (χ0v) is 15.3. The van der Waals surface area contributed by atoms with Crippen molar-refractivity contribution in [3.8, 4) is 0 Å². The molecule has 0 rings (SSSR count). The second-order valence-corrected chi connectivity index (χ2v) is 6.04. The SMILES string of the molecule is CC[NH+](CC)CC.CC[NH+](CC)CC.[O]=[Mo](=[O])([O-])[O-]. The molecule has 0 aliphatic heterocycles. The third-order valence-electron chi connectivity index (χ3n) is 3.00. The van der Waals surface area contributed by atoms with Crippen LogP contribution in [0, 0.1) is 0 Å². The summed E-state index contributed by atoms with van der Waals surface area (Å²) < 4.78 is 34.5. The first kappa shape index (κ1) is 24.2. The number of quaternary nitrogens is 2. The van der Waals surface area contributed by atoms with Gasteiger partial charge in [-0.2, -0.15) is 0 Å². The number of rotatable bonds is 6. The molecule has 0 saturated carbocycles. The van der Waals surface area contributed by atoms with Gasteiger partial charge in [0.2, 0.25) is 0 Å². The van der Waals surface area contributed by atoms with Crippen LogP contribution in [0.4, 0.5) is 0 Å². The van der Waals surface area contributed by atoms with Crippen molar-refractivity contribution in [2.45, 2.75) is 41.5 Å². The molecule has 0 saturated heterocycles. The molecule has 0 spiro atoms. The van der Waals surface area contributed by atoms with Gasteiger partial charge in [0, 0.05) is 0 Å². The molecule has 0 aliphatic carbocycles. The van der Waals surface area contributed by atoms with E-state index in [1.165, 1.54) is 39.3 Å². The van der Waals surface area contributed by atoms with Crippen molar-refractivity contribution < 1.29 is 40.9 Å². The Bertz CT molecular complexity index is 219. The summed E-state index contributed by atoms with van der Waals surface area (Å²) in [7, 11) is 0. The zero-order valence-electron chi connectivity index (χ0n) is 13.3. The van der Waals surface area contributed by atoms with Crippen LogP contribution in [0.2, 0.25) is 0 Å². The minimum absolute atomic E-state index is 1.27. The van der Waals surface area contributed by atoms with E-state index < -0.39 is 16.7 Å². The molecule has 2 N–H and O–H groups in total. The van der Waals surface area contributed by atoms with E-state index >= 15 is 0 Å². The monoisotopic (exact) mass is 366 g/mol. The predicted molar refractivity (Wildman–Crippen MR) is 66.5 cm³/mol. The molecule has 6 nitrogen and oxygen atoms in total. The first-order valence-corrected chi connectivity index (χ1v) is 10.3. The summed E-state index contributed by atoms with van der Waals surface area (Å²) in [4.78, 5) is 3.36. The third kappa shape index (κ3) is 32.1. The summed E-state index contributed by atoms with van der Waals surface area (Å²) in [6.07, 6.45) is 0. The summed E-state index contributed by atoms with van der Waals surface area (Å²) in [5.41, 5.74) is 0. The van der Waals surface area contributed by atoms with E-state index in [1.807, 2.05) is 0 Å². The van der Waals surface area contributed by atoms with Crippen molar-refractivity contribution in [2.24, 2.45) is 0 Å². The predicted octanol–water partition coefficient (Wildman–Crippen LogP) is -2.76. The van der Waals surface area contributed by atoms with Crippen LogP contribution in [-0.4, -0.2) is 39.3 Å². The van der Waals surface area contributed by atoms with Gasteiger partial charge in [-0.05, 0) is 41.5 Å². The van der Waals surface area contributed by atoms with E-state index in [0.29, 0.717) is 0 Å². The van der Waals surface area contributed by atoms with Gasteiger partial charge in [0.15, 0.2) is 0 Å². The molecule has 0 radical (unpaired) electrons. The molecule has 0 aromatic rings. The van der Waals surface area contributed by atoms with Crippen LogP contribution in [0.3, 0.4) is 0 Å². The summed E-state index contributed by atoms with van der Waals surface area (Å²) in [5.74, 6) is 0.